The van der Waals surface area contributed by atoms with E-state index in [1.807, 2.05) is 20.8 Å². The number of hydrogen-bond donors (Lipinski definition) is 6. The van der Waals surface area contributed by atoms with Crippen LogP contribution in [-0.4, -0.2) is 75.3 Å². The van der Waals surface area contributed by atoms with Crippen molar-refractivity contribution in [2.24, 2.45) is 5.92 Å². The summed E-state index contributed by atoms with van der Waals surface area (Å²) in [5, 5.41) is 44.7. The normalized spacial score (nSPS) is 25.9. The van der Waals surface area contributed by atoms with Crippen molar-refractivity contribution in [1.29, 1.82) is 0 Å². The Labute approximate surface area is 159 Å². The highest BCUT2D eigenvalue weighted by molar-refractivity contribution is 5.84. The van der Waals surface area contributed by atoms with Crippen molar-refractivity contribution in [3.63, 3.8) is 0 Å². The molecule has 2 unspecified atom stereocenters. The summed E-state index contributed by atoms with van der Waals surface area (Å²) in [6, 6.07) is -1.43. The Bertz CT molecular complexity index is 538. The molecule has 6 atom stereocenters. The van der Waals surface area contributed by atoms with Gasteiger partial charge in [0, 0.05) is 13.0 Å². The van der Waals surface area contributed by atoms with Gasteiger partial charge in [-0.25, -0.2) is 4.79 Å². The fraction of sp³-hybridized carbons (Fsp3) is 0.778. The Morgan fingerprint density at radius 3 is 2.37 bits per heavy atom. The van der Waals surface area contributed by atoms with Crippen LogP contribution in [0.4, 0.5) is 0 Å². The monoisotopic (exact) mass is 388 g/mol. The number of amides is 1. The molecule has 1 aliphatic heterocycles. The van der Waals surface area contributed by atoms with Crippen molar-refractivity contribution in [2.45, 2.75) is 77.0 Å². The number of carboxylic acids is 1. The summed E-state index contributed by atoms with van der Waals surface area (Å²) >= 11 is 0. The number of aliphatic hydroxyl groups is 3. The van der Waals surface area contributed by atoms with Crippen molar-refractivity contribution >= 4 is 11.9 Å². The predicted octanol–water partition coefficient (Wildman–Crippen LogP) is -0.645. The molecule has 0 radical (unpaired) electrons. The first-order valence-corrected chi connectivity index (χ1v) is 9.24. The topological polar surface area (TPSA) is 148 Å². The number of carbonyl (C=O) groups is 2. The molecular formula is C18H32N2O7. The van der Waals surface area contributed by atoms with Crippen LogP contribution in [0.5, 0.6) is 0 Å². The zero-order valence-corrected chi connectivity index (χ0v) is 16.3. The van der Waals surface area contributed by atoms with Gasteiger partial charge in [-0.15, -0.1) is 0 Å². The minimum absolute atomic E-state index is 0.0428. The number of aliphatic hydroxyl groups excluding tert-OH is 3. The second kappa shape index (κ2) is 10.6. The molecule has 0 fully saturated rings. The van der Waals surface area contributed by atoms with Crippen LogP contribution in [0.2, 0.25) is 0 Å². The lowest BCUT2D eigenvalue weighted by Gasteiger charge is -2.41. The molecule has 6 N–H and O–H groups in total. The number of carbonyl (C=O) groups excluding carboxylic acids is 1. The van der Waals surface area contributed by atoms with Crippen LogP contribution in [-0.2, 0) is 14.3 Å². The van der Waals surface area contributed by atoms with E-state index in [2.05, 4.69) is 10.6 Å². The van der Waals surface area contributed by atoms with E-state index in [1.165, 1.54) is 13.0 Å². The van der Waals surface area contributed by atoms with Gasteiger partial charge in [0.2, 0.25) is 11.7 Å². The molecule has 1 aliphatic rings. The molecule has 0 aromatic heterocycles. The SMILES string of the molecule is CCCC(N[C@H]1C=C(C(=O)O)O[C@@H]([C@H](O)C(O)CO)[C@@H]1NC(C)=O)C(C)C. The van der Waals surface area contributed by atoms with Gasteiger partial charge in [-0.3, -0.25) is 4.79 Å². The zero-order chi connectivity index (χ0) is 20.7. The molecule has 27 heavy (non-hydrogen) atoms. The molecule has 0 bridgehead atoms. The smallest absolute Gasteiger partial charge is 0.370 e. The molecule has 1 rings (SSSR count). The molecule has 0 aliphatic carbocycles. The van der Waals surface area contributed by atoms with E-state index >= 15 is 0 Å². The number of aliphatic carboxylic acids is 1. The molecule has 9 heteroatoms. The molecule has 0 saturated carbocycles. The van der Waals surface area contributed by atoms with Crippen LogP contribution in [0.25, 0.3) is 0 Å². The second-order valence-electron chi connectivity index (χ2n) is 7.22. The van der Waals surface area contributed by atoms with E-state index < -0.39 is 48.9 Å². The van der Waals surface area contributed by atoms with E-state index in [9.17, 15) is 24.9 Å². The lowest BCUT2D eigenvalue weighted by molar-refractivity contribution is -0.146. The highest BCUT2D eigenvalue weighted by atomic mass is 16.5. The van der Waals surface area contributed by atoms with Crippen molar-refractivity contribution in [3.05, 3.63) is 11.8 Å². The maximum atomic E-state index is 11.7. The van der Waals surface area contributed by atoms with Crippen LogP contribution in [0.1, 0.15) is 40.5 Å². The largest absolute Gasteiger partial charge is 0.478 e. The summed E-state index contributed by atoms with van der Waals surface area (Å²) in [5.41, 5.74) is 0. The average Bonchev–Trinajstić information content (AvgIpc) is 2.60. The molecule has 0 aromatic carbocycles. The maximum absolute atomic E-state index is 11.7. The zero-order valence-electron chi connectivity index (χ0n) is 16.3. The van der Waals surface area contributed by atoms with E-state index in [4.69, 9.17) is 9.84 Å². The molecule has 0 aromatic rings. The number of nitrogens with one attached hydrogen (secondary N) is 2. The summed E-state index contributed by atoms with van der Waals surface area (Å²) in [7, 11) is 0. The third-order valence-corrected chi connectivity index (χ3v) is 4.64. The Morgan fingerprint density at radius 1 is 1.30 bits per heavy atom. The summed E-state index contributed by atoms with van der Waals surface area (Å²) in [6.45, 7) is 6.66. The third kappa shape index (κ3) is 6.46. The highest BCUT2D eigenvalue weighted by Gasteiger charge is 2.44. The van der Waals surface area contributed by atoms with E-state index in [-0.39, 0.29) is 17.7 Å². The quantitative estimate of drug-likeness (QED) is 0.289. The van der Waals surface area contributed by atoms with E-state index in [0.29, 0.717) is 0 Å². The molecule has 1 amide bonds. The van der Waals surface area contributed by atoms with Gasteiger partial charge >= 0.3 is 5.97 Å². The predicted molar refractivity (Wildman–Crippen MR) is 97.8 cm³/mol. The van der Waals surface area contributed by atoms with Gasteiger partial charge in [0.1, 0.15) is 18.3 Å². The van der Waals surface area contributed by atoms with Gasteiger partial charge < -0.3 is 35.8 Å². The summed E-state index contributed by atoms with van der Waals surface area (Å²) in [4.78, 5) is 23.2. The van der Waals surface area contributed by atoms with Crippen molar-refractivity contribution in [1.82, 2.24) is 10.6 Å². The first-order valence-electron chi connectivity index (χ1n) is 9.24. The maximum Gasteiger partial charge on any atom is 0.370 e. The molecule has 1 heterocycles. The van der Waals surface area contributed by atoms with E-state index in [1.54, 1.807) is 0 Å². The Morgan fingerprint density at radius 2 is 1.93 bits per heavy atom. The van der Waals surface area contributed by atoms with Crippen LogP contribution in [0.15, 0.2) is 11.8 Å². The third-order valence-electron chi connectivity index (χ3n) is 4.64. The Kier molecular flexibility index (Phi) is 9.17. The van der Waals surface area contributed by atoms with Gasteiger partial charge in [-0.1, -0.05) is 27.2 Å². The minimum Gasteiger partial charge on any atom is -0.478 e. The van der Waals surface area contributed by atoms with Gasteiger partial charge in [0.15, 0.2) is 0 Å². The van der Waals surface area contributed by atoms with Crippen molar-refractivity contribution in [3.8, 4) is 0 Å². The summed E-state index contributed by atoms with van der Waals surface area (Å²) in [5.74, 6) is -1.86. The Balaban J connectivity index is 3.27. The fourth-order valence-corrected chi connectivity index (χ4v) is 3.19. The molecule has 156 valence electrons. The molecule has 0 saturated heterocycles. The molecular weight excluding hydrogens is 356 g/mol. The second-order valence-corrected chi connectivity index (χ2v) is 7.22. The van der Waals surface area contributed by atoms with Crippen LogP contribution >= 0.6 is 0 Å². The minimum atomic E-state index is -1.59. The lowest BCUT2D eigenvalue weighted by atomic mass is 9.90. The molecule has 9 nitrogen and oxygen atoms in total. The standard InChI is InChI=1S/C18H32N2O7/c1-5-6-11(9(2)3)20-12-7-14(18(25)26)27-17(15(12)19-10(4)22)16(24)13(23)8-21/h7,9,11-13,15-17,20-21,23-24H,5-6,8H2,1-4H3,(H,19,22)(H,25,26)/t11?,12-,13?,15+,16+,17+/m0/s1. The van der Waals surface area contributed by atoms with Crippen LogP contribution in [0.3, 0.4) is 0 Å². The number of ether oxygens (including phenoxy) is 1. The van der Waals surface area contributed by atoms with Gasteiger partial charge in [0.25, 0.3) is 0 Å². The fourth-order valence-electron chi connectivity index (χ4n) is 3.19. The summed E-state index contributed by atoms with van der Waals surface area (Å²) in [6.07, 6.45) is -1.28. The summed E-state index contributed by atoms with van der Waals surface area (Å²) < 4.78 is 5.36. The van der Waals surface area contributed by atoms with Gasteiger partial charge in [-0.2, -0.15) is 0 Å². The number of hydrogen-bond acceptors (Lipinski definition) is 7. The van der Waals surface area contributed by atoms with Crippen LogP contribution in [0, 0.1) is 5.92 Å². The number of carboxylic acid groups (broad SMARTS) is 1. The van der Waals surface area contributed by atoms with Gasteiger partial charge in [-0.05, 0) is 18.4 Å². The first-order chi connectivity index (χ1) is 12.6. The Hall–Kier alpha value is -1.68. The average molecular weight is 388 g/mol. The first kappa shape index (κ1) is 23.4. The van der Waals surface area contributed by atoms with E-state index in [0.717, 1.165) is 12.8 Å². The van der Waals surface area contributed by atoms with Crippen molar-refractivity contribution in [2.75, 3.05) is 6.61 Å². The lowest BCUT2D eigenvalue weighted by Crippen LogP contribution is -2.64. The molecule has 0 spiro atoms. The highest BCUT2D eigenvalue weighted by Crippen LogP contribution is 2.24. The van der Waals surface area contributed by atoms with Crippen LogP contribution < -0.4 is 10.6 Å². The number of rotatable bonds is 10. The van der Waals surface area contributed by atoms with Crippen molar-refractivity contribution < 1.29 is 34.8 Å². The van der Waals surface area contributed by atoms with Gasteiger partial charge in [0.05, 0.1) is 18.7 Å².